The minimum atomic E-state index is -0.199. The molecule has 1 fully saturated rings. The average Bonchev–Trinajstić information content (AvgIpc) is 3.31. The number of hydrogen-bond donors (Lipinski definition) is 2. The molecule has 0 amide bonds. The molecule has 1 aliphatic carbocycles. The number of nitrogens with one attached hydrogen (secondary N) is 1. The van der Waals surface area contributed by atoms with Gasteiger partial charge in [-0.15, -0.1) is 0 Å². The SMILES string of the molecule is Cc1[nH]ncc1-c1nc(C2(c3ccc(-c4cnc(N)nc4)cc3)CCC2)no1. The zero-order valence-corrected chi connectivity index (χ0v) is 15.4. The molecule has 0 aliphatic heterocycles. The van der Waals surface area contributed by atoms with Crippen LogP contribution in [0, 0.1) is 6.92 Å². The van der Waals surface area contributed by atoms with Crippen molar-refractivity contribution >= 4 is 5.95 Å². The molecule has 0 unspecified atom stereocenters. The van der Waals surface area contributed by atoms with Crippen molar-refractivity contribution in [3.05, 3.63) is 59.9 Å². The number of benzene rings is 1. The average molecular weight is 373 g/mol. The van der Waals surface area contributed by atoms with Gasteiger partial charge in [0, 0.05) is 23.7 Å². The highest BCUT2D eigenvalue weighted by molar-refractivity contribution is 5.63. The zero-order valence-electron chi connectivity index (χ0n) is 15.4. The van der Waals surface area contributed by atoms with Crippen LogP contribution in [0.1, 0.15) is 36.3 Å². The van der Waals surface area contributed by atoms with E-state index < -0.39 is 0 Å². The van der Waals surface area contributed by atoms with Crippen LogP contribution >= 0.6 is 0 Å². The number of aryl methyl sites for hydroxylation is 1. The Hall–Kier alpha value is -3.55. The molecule has 28 heavy (non-hydrogen) atoms. The normalized spacial score (nSPS) is 15.3. The molecule has 8 nitrogen and oxygen atoms in total. The van der Waals surface area contributed by atoms with E-state index in [0.717, 1.165) is 47.5 Å². The van der Waals surface area contributed by atoms with Gasteiger partial charge in [0.25, 0.3) is 5.89 Å². The maximum atomic E-state index is 5.57. The molecule has 0 bridgehead atoms. The summed E-state index contributed by atoms with van der Waals surface area (Å²) in [7, 11) is 0. The van der Waals surface area contributed by atoms with Crippen molar-refractivity contribution in [2.24, 2.45) is 0 Å². The number of H-pyrrole nitrogens is 1. The lowest BCUT2D eigenvalue weighted by Crippen LogP contribution is -2.36. The first-order chi connectivity index (χ1) is 13.7. The highest BCUT2D eigenvalue weighted by Gasteiger charge is 2.44. The van der Waals surface area contributed by atoms with E-state index in [4.69, 9.17) is 15.2 Å². The molecule has 3 N–H and O–H groups in total. The van der Waals surface area contributed by atoms with Gasteiger partial charge < -0.3 is 10.3 Å². The molecule has 5 rings (SSSR count). The Kier molecular flexibility index (Phi) is 3.71. The van der Waals surface area contributed by atoms with Crippen LogP contribution in [0.25, 0.3) is 22.6 Å². The lowest BCUT2D eigenvalue weighted by atomic mass is 9.64. The van der Waals surface area contributed by atoms with Gasteiger partial charge in [0.15, 0.2) is 5.82 Å². The maximum absolute atomic E-state index is 5.57. The third-order valence-corrected chi connectivity index (χ3v) is 5.56. The summed E-state index contributed by atoms with van der Waals surface area (Å²) in [5.74, 6) is 1.51. The van der Waals surface area contributed by atoms with E-state index in [0.29, 0.717) is 5.89 Å². The second-order valence-electron chi connectivity index (χ2n) is 7.17. The first kappa shape index (κ1) is 16.6. The van der Waals surface area contributed by atoms with E-state index in [1.165, 1.54) is 5.56 Å². The quantitative estimate of drug-likeness (QED) is 0.563. The summed E-state index contributed by atoms with van der Waals surface area (Å²) in [5, 5.41) is 11.3. The number of nitrogens with two attached hydrogens (primary N) is 1. The van der Waals surface area contributed by atoms with Gasteiger partial charge in [-0.2, -0.15) is 10.1 Å². The molecule has 1 aromatic carbocycles. The molecule has 0 spiro atoms. The van der Waals surface area contributed by atoms with Crippen LogP contribution in [-0.4, -0.2) is 30.3 Å². The molecule has 3 aromatic heterocycles. The summed E-state index contributed by atoms with van der Waals surface area (Å²) in [6.45, 7) is 1.94. The van der Waals surface area contributed by atoms with Crippen molar-refractivity contribution in [2.75, 3.05) is 5.73 Å². The van der Waals surface area contributed by atoms with E-state index in [9.17, 15) is 0 Å². The summed E-state index contributed by atoms with van der Waals surface area (Å²) in [5.41, 5.74) is 10.3. The van der Waals surface area contributed by atoms with Gasteiger partial charge in [-0.3, -0.25) is 5.10 Å². The minimum Gasteiger partial charge on any atom is -0.368 e. The molecule has 0 atom stereocenters. The van der Waals surface area contributed by atoms with Crippen LogP contribution in [0.2, 0.25) is 0 Å². The molecule has 4 aromatic rings. The number of nitrogens with zero attached hydrogens (tertiary/aromatic N) is 5. The molecule has 1 saturated carbocycles. The van der Waals surface area contributed by atoms with E-state index in [2.05, 4.69) is 49.6 Å². The van der Waals surface area contributed by atoms with Crippen molar-refractivity contribution in [1.29, 1.82) is 0 Å². The molecular weight excluding hydrogens is 354 g/mol. The maximum Gasteiger partial charge on any atom is 0.261 e. The Labute approximate surface area is 161 Å². The summed E-state index contributed by atoms with van der Waals surface area (Å²) >= 11 is 0. The highest BCUT2D eigenvalue weighted by atomic mass is 16.5. The summed E-state index contributed by atoms with van der Waals surface area (Å²) < 4.78 is 5.55. The minimum absolute atomic E-state index is 0.199. The fourth-order valence-electron chi connectivity index (χ4n) is 3.73. The molecule has 8 heteroatoms. The molecule has 3 heterocycles. The largest absolute Gasteiger partial charge is 0.368 e. The predicted octanol–water partition coefficient (Wildman–Crippen LogP) is 3.28. The summed E-state index contributed by atoms with van der Waals surface area (Å²) in [6.07, 6.45) is 8.32. The van der Waals surface area contributed by atoms with Gasteiger partial charge in [0.1, 0.15) is 0 Å². The van der Waals surface area contributed by atoms with E-state index in [1.807, 2.05) is 6.92 Å². The predicted molar refractivity (Wildman–Crippen MR) is 103 cm³/mol. The molecule has 0 radical (unpaired) electrons. The van der Waals surface area contributed by atoms with Gasteiger partial charge >= 0.3 is 0 Å². The van der Waals surface area contributed by atoms with Crippen molar-refractivity contribution in [2.45, 2.75) is 31.6 Å². The van der Waals surface area contributed by atoms with Crippen LogP contribution in [0.4, 0.5) is 5.95 Å². The van der Waals surface area contributed by atoms with Crippen molar-refractivity contribution in [3.8, 4) is 22.6 Å². The monoisotopic (exact) mass is 373 g/mol. The second kappa shape index (κ2) is 6.26. The Morgan fingerprint density at radius 3 is 2.39 bits per heavy atom. The smallest absolute Gasteiger partial charge is 0.261 e. The molecule has 140 valence electrons. The Balaban J connectivity index is 1.48. The van der Waals surface area contributed by atoms with E-state index in [-0.39, 0.29) is 11.4 Å². The van der Waals surface area contributed by atoms with Gasteiger partial charge in [0.05, 0.1) is 17.2 Å². The van der Waals surface area contributed by atoms with Gasteiger partial charge in [0.2, 0.25) is 5.95 Å². The van der Waals surface area contributed by atoms with Gasteiger partial charge in [-0.1, -0.05) is 35.8 Å². The first-order valence-corrected chi connectivity index (χ1v) is 9.19. The lowest BCUT2D eigenvalue weighted by Gasteiger charge is -2.39. The highest BCUT2D eigenvalue weighted by Crippen LogP contribution is 2.48. The number of nitrogen functional groups attached to an aromatic ring is 1. The second-order valence-corrected chi connectivity index (χ2v) is 7.17. The molecular formula is C20H19N7O. The van der Waals surface area contributed by atoms with Crippen molar-refractivity contribution in [1.82, 2.24) is 30.3 Å². The van der Waals surface area contributed by atoms with Crippen LogP contribution in [0.3, 0.4) is 0 Å². The fourth-order valence-corrected chi connectivity index (χ4v) is 3.73. The first-order valence-electron chi connectivity index (χ1n) is 9.19. The fraction of sp³-hybridized carbons (Fsp3) is 0.250. The lowest BCUT2D eigenvalue weighted by molar-refractivity contribution is 0.273. The van der Waals surface area contributed by atoms with Gasteiger partial charge in [-0.05, 0) is 30.9 Å². The molecule has 0 saturated heterocycles. The summed E-state index contributed by atoms with van der Waals surface area (Å²) in [6, 6.07) is 8.41. The van der Waals surface area contributed by atoms with Crippen LogP contribution in [-0.2, 0) is 5.41 Å². The van der Waals surface area contributed by atoms with Crippen molar-refractivity contribution < 1.29 is 4.52 Å². The number of aromatic amines is 1. The number of hydrogen-bond acceptors (Lipinski definition) is 7. The van der Waals surface area contributed by atoms with E-state index >= 15 is 0 Å². The molecule has 1 aliphatic rings. The zero-order chi connectivity index (χ0) is 19.1. The number of rotatable bonds is 4. The number of anilines is 1. The number of aromatic nitrogens is 6. The Bertz CT molecular complexity index is 1110. The third kappa shape index (κ3) is 2.57. The standard InChI is InChI=1S/C20H19N7O/c1-12-16(11-24-26-12)17-25-18(27-28-17)20(7-2-8-20)15-5-3-13(4-6-15)14-9-22-19(21)23-10-14/h3-6,9-11H,2,7-8H2,1H3,(H,24,26)(H2,21,22,23). The van der Waals surface area contributed by atoms with Gasteiger partial charge in [-0.25, -0.2) is 9.97 Å². The van der Waals surface area contributed by atoms with Crippen LogP contribution in [0.5, 0.6) is 0 Å². The topological polar surface area (TPSA) is 119 Å². The van der Waals surface area contributed by atoms with Crippen LogP contribution in [0.15, 0.2) is 47.4 Å². The Morgan fingerprint density at radius 1 is 1.04 bits per heavy atom. The Morgan fingerprint density at radius 2 is 1.79 bits per heavy atom. The van der Waals surface area contributed by atoms with Crippen LogP contribution < -0.4 is 5.73 Å². The third-order valence-electron chi connectivity index (χ3n) is 5.56. The summed E-state index contributed by atoms with van der Waals surface area (Å²) in [4.78, 5) is 12.8. The van der Waals surface area contributed by atoms with Crippen molar-refractivity contribution in [3.63, 3.8) is 0 Å². The van der Waals surface area contributed by atoms with E-state index in [1.54, 1.807) is 18.6 Å².